The molecule has 0 bridgehead atoms. The van der Waals surface area contributed by atoms with Crippen LogP contribution in [0.3, 0.4) is 0 Å². The van der Waals surface area contributed by atoms with Gasteiger partial charge >= 0.3 is 0 Å². The molecule has 0 atom stereocenters. The molecule has 0 aliphatic rings. The van der Waals surface area contributed by atoms with Crippen LogP contribution in [0.25, 0.3) is 11.5 Å². The highest BCUT2D eigenvalue weighted by Gasteiger charge is 2.12. The SMILES string of the molecule is c1ccc(Cn2nnnc2SCc2nnc(-c3ccccc3)o2)cc1. The van der Waals surface area contributed by atoms with Crippen molar-refractivity contribution in [2.45, 2.75) is 17.5 Å². The lowest BCUT2D eigenvalue weighted by molar-refractivity contribution is 0.527. The average Bonchev–Trinajstić information content (AvgIpc) is 3.31. The van der Waals surface area contributed by atoms with Crippen molar-refractivity contribution in [1.29, 1.82) is 0 Å². The third-order valence-corrected chi connectivity index (χ3v) is 4.43. The van der Waals surface area contributed by atoms with E-state index < -0.39 is 0 Å². The van der Waals surface area contributed by atoms with Gasteiger partial charge in [-0.1, -0.05) is 60.3 Å². The smallest absolute Gasteiger partial charge is 0.247 e. The van der Waals surface area contributed by atoms with Crippen LogP contribution in [0, 0.1) is 0 Å². The molecule has 7 nitrogen and oxygen atoms in total. The lowest BCUT2D eigenvalue weighted by atomic mass is 10.2. The number of rotatable bonds is 6. The van der Waals surface area contributed by atoms with E-state index in [9.17, 15) is 0 Å². The van der Waals surface area contributed by atoms with E-state index in [1.54, 1.807) is 4.68 Å². The number of benzene rings is 2. The number of hydrogen-bond donors (Lipinski definition) is 0. The summed E-state index contributed by atoms with van der Waals surface area (Å²) in [5.41, 5.74) is 2.04. The minimum atomic E-state index is 0.509. The van der Waals surface area contributed by atoms with Crippen molar-refractivity contribution in [3.8, 4) is 11.5 Å². The van der Waals surface area contributed by atoms with Crippen molar-refractivity contribution in [1.82, 2.24) is 30.4 Å². The largest absolute Gasteiger partial charge is 0.420 e. The molecule has 0 N–H and O–H groups in total. The molecule has 2 aromatic carbocycles. The first-order chi connectivity index (χ1) is 12.4. The monoisotopic (exact) mass is 350 g/mol. The van der Waals surface area contributed by atoms with Gasteiger partial charge in [0.25, 0.3) is 0 Å². The standard InChI is InChI=1S/C17H14N6OS/c1-3-7-13(8-4-1)11-23-17(20-21-22-23)25-12-15-18-19-16(24-15)14-9-5-2-6-10-14/h1-10H,11-12H2. The van der Waals surface area contributed by atoms with E-state index in [-0.39, 0.29) is 0 Å². The van der Waals surface area contributed by atoms with Gasteiger partial charge in [-0.15, -0.1) is 15.3 Å². The van der Waals surface area contributed by atoms with Gasteiger partial charge in [0, 0.05) is 5.56 Å². The van der Waals surface area contributed by atoms with Crippen molar-refractivity contribution in [3.63, 3.8) is 0 Å². The van der Waals surface area contributed by atoms with E-state index >= 15 is 0 Å². The zero-order valence-electron chi connectivity index (χ0n) is 13.2. The Morgan fingerprint density at radius 3 is 2.44 bits per heavy atom. The molecule has 2 aromatic heterocycles. The third-order valence-electron chi connectivity index (χ3n) is 3.49. The number of nitrogens with zero attached hydrogens (tertiary/aromatic N) is 6. The maximum absolute atomic E-state index is 5.71. The fourth-order valence-electron chi connectivity index (χ4n) is 2.29. The summed E-state index contributed by atoms with van der Waals surface area (Å²) in [6.45, 7) is 0.620. The van der Waals surface area contributed by atoms with Crippen LogP contribution in [0.2, 0.25) is 0 Å². The number of thioether (sulfide) groups is 1. The van der Waals surface area contributed by atoms with Crippen LogP contribution in [0.1, 0.15) is 11.5 Å². The van der Waals surface area contributed by atoms with Gasteiger partial charge in [0.05, 0.1) is 12.3 Å². The molecule has 0 aliphatic heterocycles. The molecule has 25 heavy (non-hydrogen) atoms. The normalized spacial score (nSPS) is 10.9. The first-order valence-corrected chi connectivity index (χ1v) is 8.68. The molecule has 4 rings (SSSR count). The summed E-state index contributed by atoms with van der Waals surface area (Å²) in [4.78, 5) is 0. The Labute approximate surface area is 148 Å². The van der Waals surface area contributed by atoms with Gasteiger partial charge in [0.1, 0.15) is 0 Å². The van der Waals surface area contributed by atoms with E-state index in [1.165, 1.54) is 11.8 Å². The van der Waals surface area contributed by atoms with Crippen LogP contribution in [-0.2, 0) is 12.3 Å². The van der Waals surface area contributed by atoms with Gasteiger partial charge in [0.2, 0.25) is 16.9 Å². The topological polar surface area (TPSA) is 82.5 Å². The van der Waals surface area contributed by atoms with Crippen molar-refractivity contribution >= 4 is 11.8 Å². The molecular weight excluding hydrogens is 336 g/mol. The van der Waals surface area contributed by atoms with Gasteiger partial charge in [-0.3, -0.25) is 0 Å². The molecular formula is C17H14N6OS. The number of aromatic nitrogens is 6. The van der Waals surface area contributed by atoms with E-state index in [0.29, 0.717) is 29.2 Å². The Morgan fingerprint density at radius 2 is 1.64 bits per heavy atom. The van der Waals surface area contributed by atoms with Gasteiger partial charge in [-0.2, -0.15) is 0 Å². The van der Waals surface area contributed by atoms with E-state index in [4.69, 9.17) is 4.42 Å². The van der Waals surface area contributed by atoms with E-state index in [0.717, 1.165) is 11.1 Å². The van der Waals surface area contributed by atoms with Crippen LogP contribution < -0.4 is 0 Å². The molecule has 0 aliphatic carbocycles. The highest BCUT2D eigenvalue weighted by atomic mass is 32.2. The molecule has 4 aromatic rings. The van der Waals surface area contributed by atoms with Crippen molar-refractivity contribution < 1.29 is 4.42 Å². The van der Waals surface area contributed by atoms with Crippen LogP contribution in [-0.4, -0.2) is 30.4 Å². The fraction of sp³-hybridized carbons (Fsp3) is 0.118. The van der Waals surface area contributed by atoms with E-state index in [1.807, 2.05) is 60.7 Å². The highest BCUT2D eigenvalue weighted by molar-refractivity contribution is 7.98. The predicted molar refractivity (Wildman–Crippen MR) is 92.7 cm³/mol. The maximum Gasteiger partial charge on any atom is 0.247 e. The molecule has 0 amide bonds. The van der Waals surface area contributed by atoms with Crippen LogP contribution in [0.4, 0.5) is 0 Å². The summed E-state index contributed by atoms with van der Waals surface area (Å²) >= 11 is 1.47. The predicted octanol–water partition coefficient (Wildman–Crippen LogP) is 3.06. The summed E-state index contributed by atoms with van der Waals surface area (Å²) in [6.07, 6.45) is 0. The van der Waals surface area contributed by atoms with Crippen LogP contribution in [0.5, 0.6) is 0 Å². The second kappa shape index (κ2) is 7.27. The lowest BCUT2D eigenvalue weighted by Crippen LogP contribution is -2.03. The summed E-state index contributed by atoms with van der Waals surface area (Å²) in [5, 5.41) is 20.8. The van der Waals surface area contributed by atoms with Crippen LogP contribution >= 0.6 is 11.8 Å². The van der Waals surface area contributed by atoms with Gasteiger partial charge < -0.3 is 4.42 Å². The molecule has 8 heteroatoms. The lowest BCUT2D eigenvalue weighted by Gasteiger charge is -2.03. The molecule has 0 radical (unpaired) electrons. The zero-order chi connectivity index (χ0) is 16.9. The quantitative estimate of drug-likeness (QED) is 0.494. The second-order valence-electron chi connectivity index (χ2n) is 5.26. The van der Waals surface area contributed by atoms with Crippen molar-refractivity contribution in [2.24, 2.45) is 0 Å². The molecule has 0 spiro atoms. The fourth-order valence-corrected chi connectivity index (χ4v) is 3.00. The second-order valence-corrected chi connectivity index (χ2v) is 6.20. The average molecular weight is 350 g/mol. The Hall–Kier alpha value is -3.00. The maximum atomic E-state index is 5.71. The summed E-state index contributed by atoms with van der Waals surface area (Å²) in [5.74, 6) is 1.56. The van der Waals surface area contributed by atoms with Gasteiger partial charge in [-0.05, 0) is 28.1 Å². The number of tetrazole rings is 1. The Balaban J connectivity index is 1.43. The van der Waals surface area contributed by atoms with Crippen LogP contribution in [0.15, 0.2) is 70.2 Å². The highest BCUT2D eigenvalue weighted by Crippen LogP contribution is 2.23. The molecule has 0 saturated carbocycles. The molecule has 2 heterocycles. The first-order valence-electron chi connectivity index (χ1n) is 7.69. The third kappa shape index (κ3) is 3.74. The minimum Gasteiger partial charge on any atom is -0.420 e. The Morgan fingerprint density at radius 1 is 0.880 bits per heavy atom. The Kier molecular flexibility index (Phi) is 4.51. The first kappa shape index (κ1) is 15.5. The summed E-state index contributed by atoms with van der Waals surface area (Å²) in [7, 11) is 0. The van der Waals surface area contributed by atoms with E-state index in [2.05, 4.69) is 25.7 Å². The van der Waals surface area contributed by atoms with Gasteiger partial charge in [0.15, 0.2) is 0 Å². The summed E-state index contributed by atoms with van der Waals surface area (Å²) < 4.78 is 7.46. The molecule has 0 fully saturated rings. The van der Waals surface area contributed by atoms with Gasteiger partial charge in [-0.25, -0.2) is 4.68 Å². The number of hydrogen-bond acceptors (Lipinski definition) is 7. The minimum absolute atomic E-state index is 0.509. The summed E-state index contributed by atoms with van der Waals surface area (Å²) in [6, 6.07) is 19.8. The molecule has 0 unspecified atom stereocenters. The Bertz CT molecular complexity index is 938. The molecule has 124 valence electrons. The molecule has 0 saturated heterocycles. The van der Waals surface area contributed by atoms with Crippen molar-refractivity contribution in [2.75, 3.05) is 0 Å². The zero-order valence-corrected chi connectivity index (χ0v) is 14.0. The van der Waals surface area contributed by atoms with Crippen molar-refractivity contribution in [3.05, 3.63) is 72.1 Å².